The first-order valence-corrected chi connectivity index (χ1v) is 10.2. The molecule has 0 unspecified atom stereocenters. The highest BCUT2D eigenvalue weighted by Gasteiger charge is 2.22. The van der Waals surface area contributed by atoms with Crippen LogP contribution in [0.5, 0.6) is 0 Å². The second-order valence-corrected chi connectivity index (χ2v) is 7.61. The number of hydrogen-bond acceptors (Lipinski definition) is 6. The number of carbonyl (C=O) groups is 2. The van der Waals surface area contributed by atoms with E-state index in [-0.39, 0.29) is 12.8 Å². The first-order chi connectivity index (χ1) is 14.0. The first kappa shape index (κ1) is 20.9. The Kier molecular flexibility index (Phi) is 7.26. The molecule has 0 saturated carbocycles. The Morgan fingerprint density at radius 3 is 2.17 bits per heavy atom. The molecule has 1 saturated heterocycles. The molecule has 0 aromatic heterocycles. The lowest BCUT2D eigenvalue weighted by Gasteiger charge is -2.30. The van der Waals surface area contributed by atoms with Crippen LogP contribution in [0.4, 0.5) is 5.69 Å². The fourth-order valence-electron chi connectivity index (χ4n) is 3.00. The van der Waals surface area contributed by atoms with E-state index in [0.717, 1.165) is 37.7 Å². The maximum Gasteiger partial charge on any atom is 0.303 e. The summed E-state index contributed by atoms with van der Waals surface area (Å²) in [6, 6.07) is 17.0. The number of aliphatic carboxylic acids is 2. The van der Waals surface area contributed by atoms with Crippen LogP contribution in [0.25, 0.3) is 0 Å². The van der Waals surface area contributed by atoms with Gasteiger partial charge in [0, 0.05) is 41.5 Å². The third-order valence-electron chi connectivity index (χ3n) is 4.41. The quantitative estimate of drug-likeness (QED) is 0.711. The van der Waals surface area contributed by atoms with Crippen LogP contribution in [0.3, 0.4) is 0 Å². The van der Waals surface area contributed by atoms with Gasteiger partial charge in [0.15, 0.2) is 0 Å². The Hall–Kier alpha value is -2.84. The molecular formula is C21H23N3O4S. The lowest BCUT2D eigenvalue weighted by atomic mass is 10.1. The van der Waals surface area contributed by atoms with E-state index in [1.807, 2.05) is 11.8 Å². The van der Waals surface area contributed by atoms with Gasteiger partial charge in [0.2, 0.25) is 0 Å². The normalized spacial score (nSPS) is 15.0. The van der Waals surface area contributed by atoms with Crippen LogP contribution in [0.2, 0.25) is 0 Å². The summed E-state index contributed by atoms with van der Waals surface area (Å²) in [6.45, 7) is 4.08. The van der Waals surface area contributed by atoms with Gasteiger partial charge in [0.05, 0.1) is 18.5 Å². The van der Waals surface area contributed by atoms with Gasteiger partial charge in [0.1, 0.15) is 5.84 Å². The van der Waals surface area contributed by atoms with Crippen molar-refractivity contribution in [2.24, 2.45) is 4.99 Å². The van der Waals surface area contributed by atoms with Gasteiger partial charge in [-0.1, -0.05) is 42.1 Å². The summed E-state index contributed by atoms with van der Waals surface area (Å²) in [5.41, 5.74) is 2.33. The molecule has 2 aromatic carbocycles. The van der Waals surface area contributed by atoms with Crippen molar-refractivity contribution in [1.29, 1.82) is 0 Å². The fourth-order valence-corrected chi connectivity index (χ4v) is 4.02. The van der Waals surface area contributed by atoms with Crippen LogP contribution in [-0.2, 0) is 9.59 Å². The third-order valence-corrected chi connectivity index (χ3v) is 5.55. The number of rotatable bonds is 3. The predicted octanol–water partition coefficient (Wildman–Crippen LogP) is 3.07. The molecule has 152 valence electrons. The number of para-hydroxylation sites is 1. The molecule has 3 N–H and O–H groups in total. The van der Waals surface area contributed by atoms with Crippen LogP contribution in [0.1, 0.15) is 18.4 Å². The van der Waals surface area contributed by atoms with Gasteiger partial charge in [-0.05, 0) is 18.2 Å². The monoisotopic (exact) mass is 413 g/mol. The summed E-state index contributed by atoms with van der Waals surface area (Å²) in [4.78, 5) is 29.2. The first-order valence-electron chi connectivity index (χ1n) is 9.39. The van der Waals surface area contributed by atoms with Crippen molar-refractivity contribution < 1.29 is 19.8 Å². The summed E-state index contributed by atoms with van der Waals surface area (Å²) < 4.78 is 0. The van der Waals surface area contributed by atoms with E-state index < -0.39 is 11.9 Å². The SMILES string of the molecule is O=C(O)CCC(=O)O.c1ccc2c(c1)N=C(N1CCNCC1)c1ccccc1S2. The maximum atomic E-state index is 9.64. The van der Waals surface area contributed by atoms with Gasteiger partial charge in [-0.2, -0.15) is 0 Å². The Morgan fingerprint density at radius 1 is 0.931 bits per heavy atom. The van der Waals surface area contributed by atoms with Gasteiger partial charge < -0.3 is 20.4 Å². The second-order valence-electron chi connectivity index (χ2n) is 6.53. The van der Waals surface area contributed by atoms with Gasteiger partial charge >= 0.3 is 11.9 Å². The lowest BCUT2D eigenvalue weighted by molar-refractivity contribution is -0.143. The highest BCUT2D eigenvalue weighted by atomic mass is 32.2. The number of amidine groups is 1. The number of nitrogens with zero attached hydrogens (tertiary/aromatic N) is 2. The number of fused-ring (bicyclic) bond motifs is 2. The van der Waals surface area contributed by atoms with E-state index in [1.165, 1.54) is 15.4 Å². The molecule has 2 aliphatic rings. The standard InChI is InChI=1S/C17H17N3S.C4H6O4/c1-3-7-15-13(5-1)17(20-11-9-18-10-12-20)19-14-6-2-4-8-16(14)21-15;5-3(6)1-2-4(7)8/h1-8,18H,9-12H2;1-2H2,(H,5,6)(H,7,8). The maximum absolute atomic E-state index is 9.64. The molecule has 0 spiro atoms. The van der Waals surface area contributed by atoms with Gasteiger partial charge in [0.25, 0.3) is 0 Å². The zero-order chi connectivity index (χ0) is 20.6. The van der Waals surface area contributed by atoms with Crippen LogP contribution in [0.15, 0.2) is 63.3 Å². The average Bonchev–Trinajstić information content (AvgIpc) is 2.90. The molecule has 4 rings (SSSR count). The minimum absolute atomic E-state index is 0.296. The summed E-state index contributed by atoms with van der Waals surface area (Å²) in [5.74, 6) is -1.04. The molecule has 8 heteroatoms. The summed E-state index contributed by atoms with van der Waals surface area (Å²) in [5, 5.41) is 19.2. The van der Waals surface area contributed by atoms with E-state index in [9.17, 15) is 9.59 Å². The van der Waals surface area contributed by atoms with Crippen molar-refractivity contribution in [3.63, 3.8) is 0 Å². The predicted molar refractivity (Wildman–Crippen MR) is 112 cm³/mol. The van der Waals surface area contributed by atoms with Crippen molar-refractivity contribution in [3.05, 3.63) is 54.1 Å². The highest BCUT2D eigenvalue weighted by Crippen LogP contribution is 2.40. The molecule has 0 atom stereocenters. The lowest BCUT2D eigenvalue weighted by Crippen LogP contribution is -2.46. The molecule has 0 amide bonds. The Balaban J connectivity index is 0.000000258. The van der Waals surface area contributed by atoms with Crippen molar-refractivity contribution >= 4 is 35.2 Å². The summed E-state index contributed by atoms with van der Waals surface area (Å²) in [6.07, 6.45) is -0.593. The molecule has 2 aromatic rings. The number of piperazine rings is 1. The van der Waals surface area contributed by atoms with Crippen molar-refractivity contribution in [1.82, 2.24) is 10.2 Å². The number of carboxylic acid groups (broad SMARTS) is 2. The Labute approximate surface area is 173 Å². The molecule has 2 aliphatic heterocycles. The number of nitrogens with one attached hydrogen (secondary N) is 1. The summed E-state index contributed by atoms with van der Waals surface area (Å²) in [7, 11) is 0. The molecule has 29 heavy (non-hydrogen) atoms. The Bertz CT molecular complexity index is 896. The molecule has 0 radical (unpaired) electrons. The minimum atomic E-state index is -1.08. The zero-order valence-corrected chi connectivity index (χ0v) is 16.7. The van der Waals surface area contributed by atoms with Crippen LogP contribution in [0, 0.1) is 0 Å². The molecule has 7 nitrogen and oxygen atoms in total. The third kappa shape index (κ3) is 5.82. The van der Waals surface area contributed by atoms with Gasteiger partial charge in [-0.3, -0.25) is 9.59 Å². The van der Waals surface area contributed by atoms with E-state index in [1.54, 1.807) is 0 Å². The van der Waals surface area contributed by atoms with Crippen LogP contribution < -0.4 is 5.32 Å². The number of hydrogen-bond donors (Lipinski definition) is 3. The topological polar surface area (TPSA) is 102 Å². The molecule has 0 aliphatic carbocycles. The largest absolute Gasteiger partial charge is 0.481 e. The summed E-state index contributed by atoms with van der Waals surface area (Å²) >= 11 is 1.81. The van der Waals surface area contributed by atoms with Gasteiger partial charge in [-0.15, -0.1) is 0 Å². The van der Waals surface area contributed by atoms with Crippen molar-refractivity contribution in [3.8, 4) is 0 Å². The molecule has 2 heterocycles. The Morgan fingerprint density at radius 2 is 1.52 bits per heavy atom. The van der Waals surface area contributed by atoms with Crippen molar-refractivity contribution in [2.75, 3.05) is 26.2 Å². The fraction of sp³-hybridized carbons (Fsp3) is 0.286. The number of benzene rings is 2. The van der Waals surface area contributed by atoms with E-state index in [2.05, 4.69) is 58.7 Å². The average molecular weight is 413 g/mol. The number of aliphatic imine (C=N–C) groups is 1. The van der Waals surface area contributed by atoms with Crippen LogP contribution >= 0.6 is 11.8 Å². The van der Waals surface area contributed by atoms with Gasteiger partial charge in [-0.25, -0.2) is 4.99 Å². The molecular weight excluding hydrogens is 390 g/mol. The van der Waals surface area contributed by atoms with Crippen LogP contribution in [-0.4, -0.2) is 59.1 Å². The zero-order valence-electron chi connectivity index (χ0n) is 15.9. The number of carboxylic acids is 2. The minimum Gasteiger partial charge on any atom is -0.481 e. The second kappa shape index (κ2) is 10.1. The van der Waals surface area contributed by atoms with Crippen molar-refractivity contribution in [2.45, 2.75) is 22.6 Å². The van der Waals surface area contributed by atoms with E-state index in [0.29, 0.717) is 0 Å². The van der Waals surface area contributed by atoms with E-state index >= 15 is 0 Å². The smallest absolute Gasteiger partial charge is 0.303 e. The van der Waals surface area contributed by atoms with E-state index in [4.69, 9.17) is 15.2 Å². The molecule has 1 fully saturated rings. The highest BCUT2D eigenvalue weighted by molar-refractivity contribution is 7.99. The molecule has 0 bridgehead atoms.